The number of halogens is 1. The molecule has 0 aromatic heterocycles. The van der Waals surface area contributed by atoms with Crippen molar-refractivity contribution in [3.05, 3.63) is 58.9 Å². The first kappa shape index (κ1) is 12.7. The molecule has 1 aliphatic rings. The summed E-state index contributed by atoms with van der Waals surface area (Å²) < 4.78 is 19.1. The van der Waals surface area contributed by atoms with Crippen LogP contribution >= 0.6 is 0 Å². The summed E-state index contributed by atoms with van der Waals surface area (Å²) in [7, 11) is 1.61. The first-order valence-electron chi connectivity index (χ1n) is 6.40. The molecule has 3 rings (SSSR count). The van der Waals surface area contributed by atoms with Crippen molar-refractivity contribution in [2.24, 2.45) is 0 Å². The Bertz CT molecular complexity index is 665. The lowest BCUT2D eigenvalue weighted by Gasteiger charge is -2.07. The molecule has 0 fully saturated rings. The standard InChI is InChI=1S/C16H14FNO2/c1-20-13-4-2-10(3-5-13)6-11-8-15-12(7-14(11)17)9-16(19)18-15/h2-5,7-8H,6,9H2,1H3,(H,18,19). The molecule has 3 nitrogen and oxygen atoms in total. The average Bonchev–Trinajstić information content (AvgIpc) is 2.79. The van der Waals surface area contributed by atoms with Crippen molar-refractivity contribution in [3.8, 4) is 5.75 Å². The summed E-state index contributed by atoms with van der Waals surface area (Å²) in [6.07, 6.45) is 0.744. The molecule has 0 spiro atoms. The van der Waals surface area contributed by atoms with Crippen LogP contribution in [0.25, 0.3) is 0 Å². The van der Waals surface area contributed by atoms with Gasteiger partial charge >= 0.3 is 0 Å². The zero-order valence-corrected chi connectivity index (χ0v) is 11.1. The second-order valence-corrected chi connectivity index (χ2v) is 4.85. The van der Waals surface area contributed by atoms with Gasteiger partial charge in [-0.1, -0.05) is 12.1 Å². The molecule has 1 heterocycles. The Morgan fingerprint density at radius 2 is 2.00 bits per heavy atom. The second-order valence-electron chi connectivity index (χ2n) is 4.85. The summed E-state index contributed by atoms with van der Waals surface area (Å²) >= 11 is 0. The van der Waals surface area contributed by atoms with Crippen LogP contribution in [0.2, 0.25) is 0 Å². The number of fused-ring (bicyclic) bond motifs is 1. The topological polar surface area (TPSA) is 38.3 Å². The summed E-state index contributed by atoms with van der Waals surface area (Å²) in [5, 5.41) is 2.74. The zero-order chi connectivity index (χ0) is 14.1. The van der Waals surface area contributed by atoms with E-state index in [1.807, 2.05) is 24.3 Å². The fourth-order valence-electron chi connectivity index (χ4n) is 2.39. The third-order valence-electron chi connectivity index (χ3n) is 3.45. The van der Waals surface area contributed by atoms with Gasteiger partial charge in [0, 0.05) is 12.1 Å². The molecule has 1 amide bonds. The van der Waals surface area contributed by atoms with Crippen molar-refractivity contribution in [2.45, 2.75) is 12.8 Å². The van der Waals surface area contributed by atoms with E-state index >= 15 is 0 Å². The Morgan fingerprint density at radius 3 is 2.70 bits per heavy atom. The minimum absolute atomic E-state index is 0.0824. The molecular formula is C16H14FNO2. The van der Waals surface area contributed by atoms with Crippen LogP contribution < -0.4 is 10.1 Å². The van der Waals surface area contributed by atoms with E-state index in [-0.39, 0.29) is 18.1 Å². The maximum Gasteiger partial charge on any atom is 0.228 e. The SMILES string of the molecule is COc1ccc(Cc2cc3c(cc2F)CC(=O)N3)cc1. The molecule has 4 heteroatoms. The lowest BCUT2D eigenvalue weighted by molar-refractivity contribution is -0.115. The van der Waals surface area contributed by atoms with E-state index in [4.69, 9.17) is 4.74 Å². The van der Waals surface area contributed by atoms with Crippen LogP contribution in [0.15, 0.2) is 36.4 Å². The normalized spacial score (nSPS) is 13.0. The molecule has 20 heavy (non-hydrogen) atoms. The van der Waals surface area contributed by atoms with E-state index in [1.54, 1.807) is 13.2 Å². The summed E-state index contributed by atoms with van der Waals surface area (Å²) in [5.74, 6) is 0.424. The van der Waals surface area contributed by atoms with Gasteiger partial charge in [-0.15, -0.1) is 0 Å². The number of benzene rings is 2. The van der Waals surface area contributed by atoms with E-state index in [2.05, 4.69) is 5.32 Å². The Kier molecular flexibility index (Phi) is 3.14. The predicted molar refractivity (Wildman–Crippen MR) is 74.5 cm³/mol. The third-order valence-corrected chi connectivity index (χ3v) is 3.45. The van der Waals surface area contributed by atoms with Crippen molar-refractivity contribution in [2.75, 3.05) is 12.4 Å². The fourth-order valence-corrected chi connectivity index (χ4v) is 2.39. The van der Waals surface area contributed by atoms with Crippen molar-refractivity contribution in [3.63, 3.8) is 0 Å². The number of rotatable bonds is 3. The van der Waals surface area contributed by atoms with Gasteiger partial charge in [0.1, 0.15) is 11.6 Å². The molecule has 0 aliphatic carbocycles. The highest BCUT2D eigenvalue weighted by molar-refractivity contribution is 5.99. The molecule has 0 atom stereocenters. The number of hydrogen-bond acceptors (Lipinski definition) is 2. The number of hydrogen-bond donors (Lipinski definition) is 1. The maximum atomic E-state index is 14.0. The fraction of sp³-hybridized carbons (Fsp3) is 0.188. The van der Waals surface area contributed by atoms with Gasteiger partial charge in [-0.25, -0.2) is 4.39 Å². The van der Waals surface area contributed by atoms with Crippen LogP contribution in [0.3, 0.4) is 0 Å². The van der Waals surface area contributed by atoms with E-state index in [0.717, 1.165) is 22.6 Å². The van der Waals surface area contributed by atoms with Crippen LogP contribution in [0.4, 0.5) is 10.1 Å². The smallest absolute Gasteiger partial charge is 0.228 e. The Morgan fingerprint density at radius 1 is 1.25 bits per heavy atom. The van der Waals surface area contributed by atoms with Gasteiger partial charge in [0.05, 0.1) is 13.5 Å². The average molecular weight is 271 g/mol. The molecule has 102 valence electrons. The number of carbonyl (C=O) groups excluding carboxylic acids is 1. The van der Waals surface area contributed by atoms with E-state index in [0.29, 0.717) is 12.0 Å². The number of nitrogens with one attached hydrogen (secondary N) is 1. The summed E-state index contributed by atoms with van der Waals surface area (Å²) in [5.41, 5.74) is 3.02. The highest BCUT2D eigenvalue weighted by atomic mass is 19.1. The molecule has 2 aromatic rings. The quantitative estimate of drug-likeness (QED) is 0.932. The molecule has 0 radical (unpaired) electrons. The number of amides is 1. The van der Waals surface area contributed by atoms with Crippen LogP contribution in [0, 0.1) is 5.82 Å². The number of carbonyl (C=O) groups is 1. The van der Waals surface area contributed by atoms with Gasteiger partial charge in [0.25, 0.3) is 0 Å². The van der Waals surface area contributed by atoms with Crippen molar-refractivity contribution in [1.29, 1.82) is 0 Å². The van der Waals surface area contributed by atoms with E-state index < -0.39 is 0 Å². The van der Waals surface area contributed by atoms with E-state index in [9.17, 15) is 9.18 Å². The minimum Gasteiger partial charge on any atom is -0.497 e. The van der Waals surface area contributed by atoms with Crippen molar-refractivity contribution < 1.29 is 13.9 Å². The molecule has 0 unspecified atom stereocenters. The van der Waals surface area contributed by atoms with Gasteiger partial charge in [-0.3, -0.25) is 4.79 Å². The highest BCUT2D eigenvalue weighted by Gasteiger charge is 2.20. The Hall–Kier alpha value is -2.36. The maximum absolute atomic E-state index is 14.0. The molecular weight excluding hydrogens is 257 g/mol. The molecule has 0 bridgehead atoms. The van der Waals surface area contributed by atoms with E-state index in [1.165, 1.54) is 6.07 Å². The summed E-state index contributed by atoms with van der Waals surface area (Å²) in [4.78, 5) is 11.3. The van der Waals surface area contributed by atoms with Crippen LogP contribution in [0.5, 0.6) is 5.75 Å². The lowest BCUT2D eigenvalue weighted by atomic mass is 10.0. The van der Waals surface area contributed by atoms with Crippen LogP contribution in [0.1, 0.15) is 16.7 Å². The molecule has 0 saturated carbocycles. The molecule has 1 aliphatic heterocycles. The molecule has 2 aromatic carbocycles. The number of anilines is 1. The Labute approximate surface area is 116 Å². The highest BCUT2D eigenvalue weighted by Crippen LogP contribution is 2.27. The van der Waals surface area contributed by atoms with Gasteiger partial charge in [-0.05, 0) is 41.0 Å². The largest absolute Gasteiger partial charge is 0.497 e. The first-order valence-corrected chi connectivity index (χ1v) is 6.40. The molecule has 1 N–H and O–H groups in total. The van der Waals surface area contributed by atoms with Crippen molar-refractivity contribution >= 4 is 11.6 Å². The zero-order valence-electron chi connectivity index (χ0n) is 11.1. The Balaban J connectivity index is 1.87. The van der Waals surface area contributed by atoms with Crippen molar-refractivity contribution in [1.82, 2.24) is 0 Å². The first-order chi connectivity index (χ1) is 9.65. The van der Waals surface area contributed by atoms with Crippen LogP contribution in [-0.2, 0) is 17.6 Å². The summed E-state index contributed by atoms with van der Waals surface area (Å²) in [6, 6.07) is 10.7. The minimum atomic E-state index is -0.268. The number of methoxy groups -OCH3 is 1. The lowest BCUT2D eigenvalue weighted by Crippen LogP contribution is -2.03. The van der Waals surface area contributed by atoms with Gasteiger partial charge in [-0.2, -0.15) is 0 Å². The van der Waals surface area contributed by atoms with Crippen LogP contribution in [-0.4, -0.2) is 13.0 Å². The van der Waals surface area contributed by atoms with Gasteiger partial charge in [0.2, 0.25) is 5.91 Å². The third kappa shape index (κ3) is 2.37. The molecule has 0 saturated heterocycles. The van der Waals surface area contributed by atoms with Gasteiger partial charge in [0.15, 0.2) is 0 Å². The monoisotopic (exact) mass is 271 g/mol. The van der Waals surface area contributed by atoms with Gasteiger partial charge < -0.3 is 10.1 Å². The predicted octanol–water partition coefficient (Wildman–Crippen LogP) is 2.92. The summed E-state index contributed by atoms with van der Waals surface area (Å²) in [6.45, 7) is 0. The second kappa shape index (κ2) is 4.96. The number of ether oxygens (including phenoxy) is 1.